The maximum absolute atomic E-state index is 5.38. The summed E-state index contributed by atoms with van der Waals surface area (Å²) in [5.41, 5.74) is 0. The summed E-state index contributed by atoms with van der Waals surface area (Å²) in [4.78, 5) is 10.0. The Hall–Kier alpha value is -1.32. The molecule has 61 heavy (non-hydrogen) atoms. The van der Waals surface area contributed by atoms with E-state index < -0.39 is 8.07 Å². The van der Waals surface area contributed by atoms with E-state index in [9.17, 15) is 0 Å². The molecule has 0 radical (unpaired) electrons. The van der Waals surface area contributed by atoms with Gasteiger partial charge in [0.25, 0.3) is 0 Å². The topological polar surface area (TPSA) is 46.7 Å². The van der Waals surface area contributed by atoms with Crippen molar-refractivity contribution in [1.82, 2.24) is 29.6 Å². The van der Waals surface area contributed by atoms with Crippen LogP contribution in [-0.2, 0) is 26.8 Å². The van der Waals surface area contributed by atoms with Crippen LogP contribution >= 0.6 is 17.8 Å². The number of halogens is 1. The summed E-state index contributed by atoms with van der Waals surface area (Å²) in [6, 6.07) is 22.8. The van der Waals surface area contributed by atoms with Crippen LogP contribution in [-0.4, -0.2) is 135 Å². The third kappa shape index (κ3) is 17.2. The van der Waals surface area contributed by atoms with Crippen LogP contribution in [0.25, 0.3) is 0 Å². The molecule has 3 unspecified atom stereocenters. The molecule has 11 heteroatoms. The van der Waals surface area contributed by atoms with Gasteiger partial charge in [0, 0.05) is 64.9 Å². The molecule has 0 bridgehead atoms. The van der Waals surface area contributed by atoms with Crippen molar-refractivity contribution in [2.45, 2.75) is 89.5 Å². The van der Waals surface area contributed by atoms with Crippen molar-refractivity contribution in [2.24, 2.45) is 11.8 Å². The van der Waals surface area contributed by atoms with Crippen LogP contribution < -0.4 is 15.9 Å². The molecule has 2 aromatic rings. The number of allylic oxidation sites excluding steroid dienone is 4. The van der Waals surface area contributed by atoms with Crippen molar-refractivity contribution in [3.8, 4) is 0 Å². The number of benzene rings is 2. The minimum absolute atomic E-state index is 0.371. The number of morpholine rings is 2. The standard InChI is InChI=1S/C22H27N4P.C14H25NO.C10H16.C4H9NO.ClH.Rh/c1-23-12-13-24-14-15-25-16-17-26(22(25)18-21(23)24)27(19-8-4-2-5-9-19)20-10-6-3-7-11-20;1-13(15-9-11-16-12-10-15)7-8-14-5-3-2-4-6-14;1-2-3-7-10-8-5-4-6-9-10;1-3-6-4-2-5-1;;/h2-11,18,21-22H,1,12-17H2;7-8,13-14H,2-6,9-12H2,1H3;2-3,7,10H,1,4-6,8-9H2;5H,1-4H2;1H;/q-2;;;;;+3/b;8-7+;7-3+;;;. The SMILES string of the molecule is C1COCCN1.C=C/C=C/C1CCCCC1.CC(/C=C/C1CCCCC1)N1CCOCC1.[CH2-]N1CCN2CCN3CCN([PH+](c4ccccc4)c4ccccc4)C3[CH-]C12.[Cl][Rh+2]. The zero-order valence-electron chi connectivity index (χ0n) is 37.3. The Bertz CT molecular complexity index is 1440. The molecular formula is C50H78ClN6O2PRh+. The molecule has 0 aromatic heterocycles. The van der Waals surface area contributed by atoms with Crippen molar-refractivity contribution in [3.05, 3.63) is 111 Å². The quantitative estimate of drug-likeness (QED) is 0.0938. The molecule has 3 atom stereocenters. The first kappa shape index (κ1) is 50.7. The molecule has 2 saturated carbocycles. The molecular weight excluding hydrogens is 886 g/mol. The number of fused-ring (bicyclic) bond motifs is 2. The summed E-state index contributed by atoms with van der Waals surface area (Å²) in [6.07, 6.45) is 28.7. The zero-order valence-corrected chi connectivity index (χ0v) is 40.7. The predicted octanol–water partition coefficient (Wildman–Crippen LogP) is 8.11. The van der Waals surface area contributed by atoms with Crippen LogP contribution in [0, 0.1) is 25.3 Å². The van der Waals surface area contributed by atoms with Gasteiger partial charge in [0.2, 0.25) is 0 Å². The Labute approximate surface area is 387 Å². The number of hydrogen-bond donors (Lipinski definition) is 1. The van der Waals surface area contributed by atoms with E-state index in [-0.39, 0.29) is 0 Å². The van der Waals surface area contributed by atoms with Gasteiger partial charge in [-0.3, -0.25) is 18.4 Å². The van der Waals surface area contributed by atoms with Crippen LogP contribution in [0.5, 0.6) is 0 Å². The second kappa shape index (κ2) is 30.0. The summed E-state index contributed by atoms with van der Waals surface area (Å²) in [5.74, 6) is 1.71. The van der Waals surface area contributed by atoms with Crippen molar-refractivity contribution < 1.29 is 26.8 Å². The first-order valence-electron chi connectivity index (χ1n) is 23.5. The molecule has 7 aliphatic rings. The van der Waals surface area contributed by atoms with Gasteiger partial charge in [0.15, 0.2) is 0 Å². The van der Waals surface area contributed by atoms with Gasteiger partial charge in [-0.25, -0.2) is 0 Å². The zero-order chi connectivity index (χ0) is 42.9. The van der Waals surface area contributed by atoms with Crippen molar-refractivity contribution >= 4 is 28.4 Å². The Morgan fingerprint density at radius 3 is 1.74 bits per heavy atom. The van der Waals surface area contributed by atoms with E-state index in [0.29, 0.717) is 18.4 Å². The molecule has 8 nitrogen and oxygen atoms in total. The fourth-order valence-electron chi connectivity index (χ4n) is 9.58. The van der Waals surface area contributed by atoms with Gasteiger partial charge in [-0.05, 0) is 81.4 Å². The molecule has 2 aliphatic carbocycles. The van der Waals surface area contributed by atoms with Gasteiger partial charge in [-0.2, -0.15) is 4.67 Å². The van der Waals surface area contributed by atoms with Crippen molar-refractivity contribution in [2.75, 3.05) is 91.9 Å². The fourth-order valence-corrected chi connectivity index (χ4v) is 12.4. The van der Waals surface area contributed by atoms with Crippen LogP contribution in [0.2, 0.25) is 0 Å². The molecule has 2 aromatic carbocycles. The van der Waals surface area contributed by atoms with Crippen LogP contribution in [0.15, 0.2) is 97.6 Å². The molecule has 7 fully saturated rings. The second-order valence-electron chi connectivity index (χ2n) is 17.2. The Balaban J connectivity index is 0.000000175. The number of nitrogens with zero attached hydrogens (tertiary/aromatic N) is 5. The van der Waals surface area contributed by atoms with E-state index in [1.807, 2.05) is 23.4 Å². The summed E-state index contributed by atoms with van der Waals surface area (Å²) in [6.45, 7) is 20.6. The van der Waals surface area contributed by atoms with Gasteiger partial charge in [-0.1, -0.05) is 118 Å². The average Bonchev–Trinajstić information content (AvgIpc) is 3.85. The van der Waals surface area contributed by atoms with E-state index in [4.69, 9.17) is 9.47 Å². The van der Waals surface area contributed by atoms with E-state index in [1.54, 1.807) is 0 Å². The maximum atomic E-state index is 5.38. The average molecular weight is 965 g/mol. The number of nitrogens with one attached hydrogen (secondary N) is 1. The van der Waals surface area contributed by atoms with Gasteiger partial charge in [0.05, 0.1) is 26.4 Å². The van der Waals surface area contributed by atoms with Crippen LogP contribution in [0.1, 0.15) is 71.1 Å². The van der Waals surface area contributed by atoms with Gasteiger partial charge in [-0.15, -0.1) is 0 Å². The molecule has 0 spiro atoms. The predicted molar refractivity (Wildman–Crippen MR) is 257 cm³/mol. The molecule has 9 rings (SSSR count). The molecule has 5 aliphatic heterocycles. The van der Waals surface area contributed by atoms with Gasteiger partial charge < -0.3 is 29.5 Å². The summed E-state index contributed by atoms with van der Waals surface area (Å²) >= 11 is 2.02. The van der Waals surface area contributed by atoms with Crippen LogP contribution in [0.4, 0.5) is 0 Å². The molecule has 5 heterocycles. The number of hydrogen-bond acceptors (Lipinski definition) is 8. The Morgan fingerprint density at radius 1 is 0.705 bits per heavy atom. The van der Waals surface area contributed by atoms with Gasteiger partial charge >= 0.3 is 27.0 Å². The third-order valence-corrected chi connectivity index (χ3v) is 15.9. The Kier molecular flexibility index (Phi) is 24.9. The fraction of sp³-hybridized carbons (Fsp3) is 0.600. The first-order chi connectivity index (χ1) is 30.1. The molecule has 1 N–H and O–H groups in total. The van der Waals surface area contributed by atoms with E-state index in [0.717, 1.165) is 104 Å². The summed E-state index contributed by atoms with van der Waals surface area (Å²) < 4.78 is 13.2. The van der Waals surface area contributed by atoms with E-state index in [2.05, 4.69) is 151 Å². The monoisotopic (exact) mass is 963 g/mol. The van der Waals surface area contributed by atoms with Crippen LogP contribution in [0.3, 0.4) is 0 Å². The van der Waals surface area contributed by atoms with Crippen molar-refractivity contribution in [3.63, 3.8) is 0 Å². The number of rotatable bonds is 8. The summed E-state index contributed by atoms with van der Waals surface area (Å²) in [5, 5.41) is 6.11. The van der Waals surface area contributed by atoms with E-state index >= 15 is 0 Å². The van der Waals surface area contributed by atoms with E-state index in [1.165, 1.54) is 74.8 Å². The summed E-state index contributed by atoms with van der Waals surface area (Å²) in [7, 11) is 7.82. The van der Waals surface area contributed by atoms with Gasteiger partial charge in [0.1, 0.15) is 18.7 Å². The molecule has 5 saturated heterocycles. The Morgan fingerprint density at radius 2 is 1.21 bits per heavy atom. The minimum atomic E-state index is -1.00. The van der Waals surface area contributed by atoms with Crippen molar-refractivity contribution in [1.29, 1.82) is 0 Å². The molecule has 340 valence electrons. The first-order valence-corrected chi connectivity index (χ1v) is 27.0. The molecule has 0 amide bonds. The second-order valence-corrected chi connectivity index (χ2v) is 19.7. The normalized spacial score (nSPS) is 25.4. The number of ether oxygens (including phenoxy) is 2. The third-order valence-electron chi connectivity index (χ3n) is 13.1.